The minimum atomic E-state index is -3.58. The number of hydrogen-bond acceptors (Lipinski definition) is 5. The lowest BCUT2D eigenvalue weighted by Crippen LogP contribution is -2.31. The first kappa shape index (κ1) is 11.7. The molecule has 0 radical (unpaired) electrons. The lowest BCUT2D eigenvalue weighted by atomic mass is 10.5. The smallest absolute Gasteiger partial charge is 0.336 e. The van der Waals surface area contributed by atoms with Crippen molar-refractivity contribution in [3.8, 4) is 6.01 Å². The van der Waals surface area contributed by atoms with E-state index in [2.05, 4.69) is 29.4 Å². The largest absolute Gasteiger partial charge is 0.466 e. The molecular weight excluding hydrogens is 222 g/mol. The van der Waals surface area contributed by atoms with Crippen LogP contribution in [-0.2, 0) is 10.2 Å². The van der Waals surface area contributed by atoms with Gasteiger partial charge in [0.05, 0.1) is 7.11 Å². The molecule has 0 saturated carbocycles. The summed E-state index contributed by atoms with van der Waals surface area (Å²) in [7, 11) is -2.20. The van der Waals surface area contributed by atoms with Crippen molar-refractivity contribution in [2.45, 2.75) is 13.3 Å². The van der Waals surface area contributed by atoms with E-state index in [0.717, 1.165) is 0 Å². The van der Waals surface area contributed by atoms with E-state index in [1.807, 2.05) is 6.92 Å². The van der Waals surface area contributed by atoms with E-state index in [9.17, 15) is 8.42 Å². The Hall–Kier alpha value is -1.35. The lowest BCUT2D eigenvalue weighted by Gasteiger charge is -2.04. The van der Waals surface area contributed by atoms with Crippen LogP contribution >= 0.6 is 0 Å². The van der Waals surface area contributed by atoms with E-state index < -0.39 is 10.2 Å². The van der Waals surface area contributed by atoms with Crippen molar-refractivity contribution in [1.82, 2.24) is 19.9 Å². The predicted molar refractivity (Wildman–Crippen MR) is 53.8 cm³/mol. The fraction of sp³-hybridized carbons (Fsp3) is 0.667. The highest BCUT2D eigenvalue weighted by Crippen LogP contribution is 2.05. The van der Waals surface area contributed by atoms with Crippen molar-refractivity contribution in [1.29, 1.82) is 0 Å². The maximum atomic E-state index is 11.3. The van der Waals surface area contributed by atoms with E-state index in [1.165, 1.54) is 7.11 Å². The summed E-state index contributed by atoms with van der Waals surface area (Å²) in [5.41, 5.74) is 0. The summed E-state index contributed by atoms with van der Waals surface area (Å²) in [5.74, 6) is 0.00968. The van der Waals surface area contributed by atoms with Crippen LogP contribution in [0.2, 0.25) is 0 Å². The van der Waals surface area contributed by atoms with Gasteiger partial charge in [0.25, 0.3) is 0 Å². The molecule has 0 aliphatic rings. The van der Waals surface area contributed by atoms with E-state index in [0.29, 0.717) is 13.0 Å². The molecule has 0 fully saturated rings. The fourth-order valence-corrected chi connectivity index (χ4v) is 1.67. The molecule has 15 heavy (non-hydrogen) atoms. The zero-order valence-corrected chi connectivity index (χ0v) is 9.26. The van der Waals surface area contributed by atoms with Crippen molar-refractivity contribution in [2.24, 2.45) is 0 Å². The third kappa shape index (κ3) is 3.72. The average Bonchev–Trinajstić information content (AvgIpc) is 2.62. The molecule has 9 heteroatoms. The van der Waals surface area contributed by atoms with Crippen molar-refractivity contribution < 1.29 is 13.2 Å². The molecule has 86 valence electrons. The number of ether oxygens (including phenoxy) is 1. The highest BCUT2D eigenvalue weighted by Gasteiger charge is 2.11. The van der Waals surface area contributed by atoms with Crippen LogP contribution in [0.1, 0.15) is 13.3 Å². The van der Waals surface area contributed by atoms with Crippen LogP contribution in [0.25, 0.3) is 0 Å². The second-order valence-corrected chi connectivity index (χ2v) is 4.17. The van der Waals surface area contributed by atoms with E-state index in [-0.39, 0.29) is 12.0 Å². The van der Waals surface area contributed by atoms with E-state index >= 15 is 0 Å². The molecule has 1 aromatic rings. The SMILES string of the molecule is CCCNS(=O)(=O)Nc1nc(OC)n[nH]1. The molecule has 3 N–H and O–H groups in total. The van der Waals surface area contributed by atoms with Crippen LogP contribution in [0.4, 0.5) is 5.95 Å². The van der Waals surface area contributed by atoms with Gasteiger partial charge in [0.1, 0.15) is 0 Å². The Morgan fingerprint density at radius 2 is 2.27 bits per heavy atom. The van der Waals surface area contributed by atoms with Gasteiger partial charge >= 0.3 is 16.2 Å². The Balaban J connectivity index is 2.60. The number of nitrogens with one attached hydrogen (secondary N) is 3. The summed E-state index contributed by atoms with van der Waals surface area (Å²) < 4.78 is 31.8. The van der Waals surface area contributed by atoms with Gasteiger partial charge in [0.15, 0.2) is 0 Å². The molecular formula is C6H13N5O3S. The number of aromatic amines is 1. The summed E-state index contributed by atoms with van der Waals surface area (Å²) in [5, 5.41) is 5.96. The molecule has 1 rings (SSSR count). The van der Waals surface area contributed by atoms with Crippen molar-refractivity contribution in [2.75, 3.05) is 18.4 Å². The molecule has 0 atom stereocenters. The first-order valence-electron chi connectivity index (χ1n) is 4.31. The normalized spacial score (nSPS) is 11.3. The van der Waals surface area contributed by atoms with Crippen LogP contribution in [0.3, 0.4) is 0 Å². The van der Waals surface area contributed by atoms with Crippen molar-refractivity contribution in [3.05, 3.63) is 0 Å². The van der Waals surface area contributed by atoms with Gasteiger partial charge in [-0.15, -0.1) is 5.10 Å². The molecule has 0 aromatic carbocycles. The molecule has 1 heterocycles. The van der Waals surface area contributed by atoms with Crippen LogP contribution in [0.5, 0.6) is 6.01 Å². The molecule has 0 saturated heterocycles. The van der Waals surface area contributed by atoms with Gasteiger partial charge in [-0.25, -0.2) is 9.82 Å². The Bertz CT molecular complexity index is 401. The minimum Gasteiger partial charge on any atom is -0.466 e. The van der Waals surface area contributed by atoms with Crippen molar-refractivity contribution >= 4 is 16.2 Å². The molecule has 0 spiro atoms. The van der Waals surface area contributed by atoms with Gasteiger partial charge in [-0.05, 0) is 6.42 Å². The maximum absolute atomic E-state index is 11.3. The molecule has 0 aliphatic heterocycles. The fourth-order valence-electron chi connectivity index (χ4n) is 0.783. The Morgan fingerprint density at radius 1 is 1.53 bits per heavy atom. The molecule has 8 nitrogen and oxygen atoms in total. The van der Waals surface area contributed by atoms with Crippen molar-refractivity contribution in [3.63, 3.8) is 0 Å². The number of anilines is 1. The lowest BCUT2D eigenvalue weighted by molar-refractivity contribution is 0.382. The maximum Gasteiger partial charge on any atom is 0.336 e. The van der Waals surface area contributed by atoms with Gasteiger partial charge in [-0.2, -0.15) is 18.1 Å². The third-order valence-corrected chi connectivity index (χ3v) is 2.47. The predicted octanol–water partition coefficient (Wildman–Crippen LogP) is -0.530. The van der Waals surface area contributed by atoms with Gasteiger partial charge < -0.3 is 4.74 Å². The Morgan fingerprint density at radius 3 is 2.80 bits per heavy atom. The summed E-state index contributed by atoms with van der Waals surface area (Å²) in [6, 6.07) is 0.0724. The van der Waals surface area contributed by atoms with E-state index in [1.54, 1.807) is 0 Å². The zero-order valence-electron chi connectivity index (χ0n) is 8.44. The van der Waals surface area contributed by atoms with Crippen LogP contribution in [0.15, 0.2) is 0 Å². The first-order chi connectivity index (χ1) is 7.07. The number of nitrogens with zero attached hydrogens (tertiary/aromatic N) is 2. The summed E-state index contributed by atoms with van der Waals surface area (Å²) in [4.78, 5) is 3.70. The molecule has 0 unspecified atom stereocenters. The number of hydrogen-bond donors (Lipinski definition) is 3. The summed E-state index contributed by atoms with van der Waals surface area (Å²) in [6.07, 6.45) is 0.709. The standard InChI is InChI=1S/C6H13N5O3S/c1-3-4-7-15(12,13)11-5-8-6(14-2)10-9-5/h7H,3-4H2,1-2H3,(H2,8,9,10,11). The average molecular weight is 235 g/mol. The van der Waals surface area contributed by atoms with Gasteiger partial charge in [0.2, 0.25) is 5.95 Å². The first-order valence-corrected chi connectivity index (χ1v) is 5.79. The Labute approximate surface area is 87.6 Å². The quantitative estimate of drug-likeness (QED) is 0.614. The van der Waals surface area contributed by atoms with Crippen LogP contribution in [0, 0.1) is 0 Å². The molecule has 0 aliphatic carbocycles. The van der Waals surface area contributed by atoms with Gasteiger partial charge in [-0.3, -0.25) is 0 Å². The molecule has 1 aromatic heterocycles. The number of H-pyrrole nitrogens is 1. The molecule has 0 amide bonds. The Kier molecular flexibility index (Phi) is 3.86. The highest BCUT2D eigenvalue weighted by atomic mass is 32.2. The second kappa shape index (κ2) is 4.94. The number of aromatic nitrogens is 3. The second-order valence-electron chi connectivity index (χ2n) is 2.67. The minimum absolute atomic E-state index is 0.00968. The topological polar surface area (TPSA) is 109 Å². The summed E-state index contributed by atoms with van der Waals surface area (Å²) in [6.45, 7) is 2.22. The monoisotopic (exact) mass is 235 g/mol. The molecule has 0 bridgehead atoms. The van der Waals surface area contributed by atoms with Gasteiger partial charge in [0, 0.05) is 6.54 Å². The van der Waals surface area contributed by atoms with E-state index in [4.69, 9.17) is 0 Å². The third-order valence-electron chi connectivity index (χ3n) is 1.42. The van der Waals surface area contributed by atoms with Crippen LogP contribution < -0.4 is 14.2 Å². The summed E-state index contributed by atoms with van der Waals surface area (Å²) >= 11 is 0. The van der Waals surface area contributed by atoms with Gasteiger partial charge in [-0.1, -0.05) is 6.92 Å². The number of rotatable bonds is 6. The number of methoxy groups -OCH3 is 1. The zero-order chi connectivity index (χ0) is 11.3. The highest BCUT2D eigenvalue weighted by molar-refractivity contribution is 7.90. The van der Waals surface area contributed by atoms with Crippen LogP contribution in [-0.4, -0.2) is 37.3 Å².